The summed E-state index contributed by atoms with van der Waals surface area (Å²) in [5.74, 6) is -1.07. The van der Waals surface area contributed by atoms with E-state index in [9.17, 15) is 14.3 Å². The zero-order valence-electron chi connectivity index (χ0n) is 10.9. The van der Waals surface area contributed by atoms with E-state index in [1.807, 2.05) is 13.8 Å². The molecule has 0 saturated carbocycles. The Kier molecular flexibility index (Phi) is 3.92. The average molecular weight is 331 g/mol. The van der Waals surface area contributed by atoms with Crippen molar-refractivity contribution < 1.29 is 14.3 Å². The second-order valence-electron chi connectivity index (χ2n) is 5.40. The molecule has 4 nitrogen and oxygen atoms in total. The minimum absolute atomic E-state index is 0.173. The van der Waals surface area contributed by atoms with E-state index in [-0.39, 0.29) is 5.69 Å². The van der Waals surface area contributed by atoms with E-state index in [1.54, 1.807) is 4.90 Å². The molecule has 1 unspecified atom stereocenters. The Labute approximate surface area is 119 Å². The number of likely N-dealkylation sites (tertiary alicyclic amines) is 1. The van der Waals surface area contributed by atoms with Gasteiger partial charge in [-0.25, -0.2) is 9.37 Å². The van der Waals surface area contributed by atoms with Crippen molar-refractivity contribution in [2.24, 2.45) is 0 Å². The lowest BCUT2D eigenvalue weighted by Crippen LogP contribution is -2.54. The number of hydrogen-bond donors (Lipinski definition) is 1. The second kappa shape index (κ2) is 5.17. The number of pyridine rings is 1. The maximum absolute atomic E-state index is 13.8. The van der Waals surface area contributed by atoms with Crippen LogP contribution in [-0.4, -0.2) is 39.1 Å². The highest BCUT2D eigenvalue weighted by Gasteiger charge is 2.38. The summed E-state index contributed by atoms with van der Waals surface area (Å²) in [6, 6.07) is 1.23. The molecule has 1 N–H and O–H groups in total. The quantitative estimate of drug-likeness (QED) is 0.860. The molecule has 1 fully saturated rings. The van der Waals surface area contributed by atoms with Crippen molar-refractivity contribution in [3.8, 4) is 0 Å². The van der Waals surface area contributed by atoms with E-state index in [1.165, 1.54) is 12.3 Å². The van der Waals surface area contributed by atoms with Gasteiger partial charge in [0.1, 0.15) is 0 Å². The number of piperidine rings is 1. The van der Waals surface area contributed by atoms with Crippen molar-refractivity contribution in [3.05, 3.63) is 28.2 Å². The molecular weight excluding hydrogens is 315 g/mol. The number of hydrogen-bond acceptors (Lipinski definition) is 3. The Hall–Kier alpha value is -1.01. The van der Waals surface area contributed by atoms with Gasteiger partial charge < -0.3 is 10.0 Å². The fourth-order valence-corrected chi connectivity index (χ4v) is 2.75. The van der Waals surface area contributed by atoms with Crippen LogP contribution < -0.4 is 0 Å². The fourth-order valence-electron chi connectivity index (χ4n) is 2.45. The van der Waals surface area contributed by atoms with Gasteiger partial charge in [0.05, 0.1) is 6.10 Å². The first kappa shape index (κ1) is 14.4. The maximum atomic E-state index is 13.8. The Morgan fingerprint density at radius 1 is 1.63 bits per heavy atom. The van der Waals surface area contributed by atoms with Crippen molar-refractivity contribution in [3.63, 3.8) is 0 Å². The molecule has 1 amide bonds. The molecule has 1 aromatic heterocycles. The predicted molar refractivity (Wildman–Crippen MR) is 72.3 cm³/mol. The zero-order valence-corrected chi connectivity index (χ0v) is 12.4. The number of aliphatic hydroxyl groups is 1. The topological polar surface area (TPSA) is 53.4 Å². The molecule has 19 heavy (non-hydrogen) atoms. The third-order valence-corrected chi connectivity index (χ3v) is 3.84. The van der Waals surface area contributed by atoms with Gasteiger partial charge in [0.15, 0.2) is 11.5 Å². The van der Waals surface area contributed by atoms with Crippen LogP contribution in [0.4, 0.5) is 4.39 Å². The highest BCUT2D eigenvalue weighted by Crippen LogP contribution is 2.29. The number of aromatic nitrogens is 1. The van der Waals surface area contributed by atoms with Crippen molar-refractivity contribution in [1.29, 1.82) is 0 Å². The molecule has 1 aliphatic heterocycles. The van der Waals surface area contributed by atoms with Crippen LogP contribution in [-0.2, 0) is 0 Å². The number of carbonyl (C=O) groups is 1. The van der Waals surface area contributed by atoms with Crippen LogP contribution in [0.2, 0.25) is 0 Å². The minimum Gasteiger partial charge on any atom is -0.393 e. The number of rotatable bonds is 1. The SMILES string of the molecule is CC1(C)CC(O)CCN1C(=O)c1ncc(Br)cc1F. The van der Waals surface area contributed by atoms with Gasteiger partial charge >= 0.3 is 0 Å². The lowest BCUT2D eigenvalue weighted by Gasteiger charge is -2.44. The van der Waals surface area contributed by atoms with Gasteiger partial charge in [-0.3, -0.25) is 4.79 Å². The summed E-state index contributed by atoms with van der Waals surface area (Å²) < 4.78 is 14.3. The molecule has 1 aromatic rings. The number of carbonyl (C=O) groups excluding carboxylic acids is 1. The summed E-state index contributed by atoms with van der Waals surface area (Å²) in [7, 11) is 0. The van der Waals surface area contributed by atoms with Gasteiger partial charge in [0, 0.05) is 22.8 Å². The summed E-state index contributed by atoms with van der Waals surface area (Å²) in [4.78, 5) is 17.8. The summed E-state index contributed by atoms with van der Waals surface area (Å²) >= 11 is 3.11. The molecule has 0 aliphatic carbocycles. The number of nitrogens with zero attached hydrogens (tertiary/aromatic N) is 2. The third kappa shape index (κ3) is 2.95. The highest BCUT2D eigenvalue weighted by atomic mass is 79.9. The average Bonchev–Trinajstić information content (AvgIpc) is 2.26. The number of halogens is 2. The van der Waals surface area contributed by atoms with E-state index in [0.29, 0.717) is 23.9 Å². The standard InChI is InChI=1S/C13H16BrFN2O2/c1-13(2)6-9(18)3-4-17(13)12(19)11-10(15)5-8(14)7-16-11/h5,7,9,18H,3-4,6H2,1-2H3. The van der Waals surface area contributed by atoms with Crippen LogP contribution in [0.3, 0.4) is 0 Å². The third-order valence-electron chi connectivity index (χ3n) is 3.41. The molecule has 0 radical (unpaired) electrons. The molecule has 1 aliphatic rings. The van der Waals surface area contributed by atoms with Gasteiger partial charge in [0.2, 0.25) is 0 Å². The number of amides is 1. The van der Waals surface area contributed by atoms with Gasteiger partial charge in [-0.1, -0.05) is 0 Å². The first-order chi connectivity index (χ1) is 8.81. The molecule has 2 rings (SSSR count). The fraction of sp³-hybridized carbons (Fsp3) is 0.538. The summed E-state index contributed by atoms with van der Waals surface area (Å²) in [5, 5.41) is 9.67. The maximum Gasteiger partial charge on any atom is 0.275 e. The summed E-state index contributed by atoms with van der Waals surface area (Å²) in [5.41, 5.74) is -0.677. The molecular formula is C13H16BrFN2O2. The van der Waals surface area contributed by atoms with Crippen molar-refractivity contribution in [1.82, 2.24) is 9.88 Å². The van der Waals surface area contributed by atoms with Gasteiger partial charge in [-0.05, 0) is 48.7 Å². The lowest BCUT2D eigenvalue weighted by atomic mass is 9.88. The lowest BCUT2D eigenvalue weighted by molar-refractivity contribution is 0.00264. The molecule has 104 valence electrons. The minimum atomic E-state index is -0.638. The van der Waals surface area contributed by atoms with E-state index < -0.39 is 23.4 Å². The van der Waals surface area contributed by atoms with Gasteiger partial charge in [-0.15, -0.1) is 0 Å². The van der Waals surface area contributed by atoms with Crippen LogP contribution in [0.1, 0.15) is 37.2 Å². The van der Waals surface area contributed by atoms with Crippen LogP contribution in [0.15, 0.2) is 16.7 Å². The summed E-state index contributed by atoms with van der Waals surface area (Å²) in [6.07, 6.45) is 1.98. The smallest absolute Gasteiger partial charge is 0.275 e. The molecule has 6 heteroatoms. The van der Waals surface area contributed by atoms with Crippen LogP contribution >= 0.6 is 15.9 Å². The van der Waals surface area contributed by atoms with Gasteiger partial charge in [-0.2, -0.15) is 0 Å². The Morgan fingerprint density at radius 2 is 2.32 bits per heavy atom. The molecule has 1 atom stereocenters. The summed E-state index contributed by atoms with van der Waals surface area (Å²) in [6.45, 7) is 4.14. The Balaban J connectivity index is 2.28. The Bertz CT molecular complexity index is 507. The molecule has 0 aromatic carbocycles. The molecule has 2 heterocycles. The monoisotopic (exact) mass is 330 g/mol. The molecule has 0 bridgehead atoms. The van der Waals surface area contributed by atoms with E-state index >= 15 is 0 Å². The Morgan fingerprint density at radius 3 is 2.89 bits per heavy atom. The molecule has 1 saturated heterocycles. The highest BCUT2D eigenvalue weighted by molar-refractivity contribution is 9.10. The van der Waals surface area contributed by atoms with E-state index in [0.717, 1.165) is 0 Å². The first-order valence-corrected chi connectivity index (χ1v) is 6.91. The van der Waals surface area contributed by atoms with Crippen molar-refractivity contribution >= 4 is 21.8 Å². The van der Waals surface area contributed by atoms with Crippen molar-refractivity contribution in [2.75, 3.05) is 6.54 Å². The van der Waals surface area contributed by atoms with Crippen LogP contribution in [0.25, 0.3) is 0 Å². The number of aliphatic hydroxyl groups excluding tert-OH is 1. The second-order valence-corrected chi connectivity index (χ2v) is 6.32. The normalized spacial score (nSPS) is 22.4. The van der Waals surface area contributed by atoms with E-state index in [2.05, 4.69) is 20.9 Å². The van der Waals surface area contributed by atoms with Crippen LogP contribution in [0.5, 0.6) is 0 Å². The van der Waals surface area contributed by atoms with Crippen LogP contribution in [0, 0.1) is 5.82 Å². The van der Waals surface area contributed by atoms with Crippen molar-refractivity contribution in [2.45, 2.75) is 38.3 Å². The first-order valence-electron chi connectivity index (χ1n) is 6.12. The largest absolute Gasteiger partial charge is 0.393 e. The predicted octanol–water partition coefficient (Wildman–Crippen LogP) is 2.36. The zero-order chi connectivity index (χ0) is 14.2. The van der Waals surface area contributed by atoms with Gasteiger partial charge in [0.25, 0.3) is 5.91 Å². The van der Waals surface area contributed by atoms with E-state index in [4.69, 9.17) is 0 Å². The molecule has 0 spiro atoms.